The first-order valence-corrected chi connectivity index (χ1v) is 20.1. The zero-order chi connectivity index (χ0) is 39.4. The van der Waals surface area contributed by atoms with Gasteiger partial charge in [0.2, 0.25) is 0 Å². The van der Waals surface area contributed by atoms with E-state index in [1.807, 2.05) is 13.8 Å². The molecule has 0 aromatic rings. The molecule has 6 rings (SSSR count). The SMILES string of the molecule is C[C@H](CC[C@H](O)[C@@H](C)[C@H]1[C@@H](O)C[C@H]2[C@@H]3CC=C4C[C@@H](O[C@@H]5O[C@H](CO)[C@@H](O)[C@H](O)[C@H]5O)CC[C@]4(C)[C@H]3[C@H](O)C[C@]12C)CO[C@@H]1O[C@H](CO)[C@@H](O)[C@H](O)[C@H]1O. The van der Waals surface area contributed by atoms with Crippen LogP contribution in [0.4, 0.5) is 0 Å². The number of aliphatic hydroxyl groups excluding tert-OH is 11. The van der Waals surface area contributed by atoms with E-state index in [-0.39, 0.29) is 53.6 Å². The summed E-state index contributed by atoms with van der Waals surface area (Å²) in [5.74, 6) is -0.287. The number of fused-ring (bicyclic) bond motifs is 5. The van der Waals surface area contributed by atoms with Crippen LogP contribution in [-0.2, 0) is 18.9 Å². The molecular weight excluding hydrogens is 708 g/mol. The number of ether oxygens (including phenoxy) is 4. The minimum absolute atomic E-state index is 0.0282. The van der Waals surface area contributed by atoms with Gasteiger partial charge in [0, 0.05) is 0 Å². The standard InChI is InChI=1S/C39H66O15/c1-17(16-51-36-34(49)32(47)30(45)26(14-40)53-36)5-8-23(42)18(2)28-24(43)12-22-21-7-6-19-11-20(52-37-35(50)33(48)31(46)27(15-41)54-37)9-10-38(19,3)29(21)25(44)13-39(22,28)4/h6,17-18,20-37,40-50H,5,7-16H2,1-4H3/t17-,18-,20+,21+,22+,23+,24+,25-,26-,27-,28+,29-,30-,31-,32+,33+,34-,35-,36-,37-,38+,39+/m1/s1. The lowest BCUT2D eigenvalue weighted by molar-refractivity contribution is -0.313. The molecule has 15 heteroatoms. The third kappa shape index (κ3) is 7.71. The summed E-state index contributed by atoms with van der Waals surface area (Å²) in [6, 6.07) is 0. The molecule has 3 saturated carbocycles. The van der Waals surface area contributed by atoms with Gasteiger partial charge >= 0.3 is 0 Å². The van der Waals surface area contributed by atoms with Crippen molar-refractivity contribution in [1.82, 2.24) is 0 Å². The number of hydrogen-bond donors (Lipinski definition) is 11. The van der Waals surface area contributed by atoms with Gasteiger partial charge in [-0.3, -0.25) is 0 Å². The lowest BCUT2D eigenvalue weighted by Gasteiger charge is -2.60. The second-order valence-corrected chi connectivity index (χ2v) is 18.1. The quantitative estimate of drug-likeness (QED) is 0.106. The van der Waals surface area contributed by atoms with Crippen LogP contribution < -0.4 is 0 Å². The van der Waals surface area contributed by atoms with Crippen LogP contribution >= 0.6 is 0 Å². The van der Waals surface area contributed by atoms with Gasteiger partial charge in [0.25, 0.3) is 0 Å². The van der Waals surface area contributed by atoms with Crippen LogP contribution in [0.15, 0.2) is 11.6 Å². The van der Waals surface area contributed by atoms with E-state index in [1.165, 1.54) is 5.57 Å². The van der Waals surface area contributed by atoms with E-state index in [0.29, 0.717) is 38.5 Å². The molecule has 312 valence electrons. The van der Waals surface area contributed by atoms with E-state index in [0.717, 1.165) is 12.8 Å². The average molecular weight is 775 g/mol. The van der Waals surface area contributed by atoms with Crippen LogP contribution in [0.3, 0.4) is 0 Å². The molecule has 2 aliphatic heterocycles. The monoisotopic (exact) mass is 774 g/mol. The van der Waals surface area contributed by atoms with E-state index in [4.69, 9.17) is 18.9 Å². The molecule has 11 N–H and O–H groups in total. The molecule has 0 bridgehead atoms. The minimum Gasteiger partial charge on any atom is -0.394 e. The molecule has 0 spiro atoms. The lowest BCUT2D eigenvalue weighted by atomic mass is 9.46. The fraction of sp³-hybridized carbons (Fsp3) is 0.949. The van der Waals surface area contributed by atoms with Gasteiger partial charge in [-0.1, -0.05) is 39.3 Å². The Hall–Kier alpha value is -0.860. The predicted octanol–water partition coefficient (Wildman–Crippen LogP) is -1.08. The highest BCUT2D eigenvalue weighted by molar-refractivity contribution is 5.27. The molecule has 5 fully saturated rings. The zero-order valence-electron chi connectivity index (χ0n) is 32.0. The Morgan fingerprint density at radius 1 is 0.815 bits per heavy atom. The van der Waals surface area contributed by atoms with Crippen LogP contribution in [0.2, 0.25) is 0 Å². The summed E-state index contributed by atoms with van der Waals surface area (Å²) in [5.41, 5.74) is 0.473. The molecule has 0 unspecified atom stereocenters. The van der Waals surface area contributed by atoms with Crippen LogP contribution in [0, 0.1) is 46.3 Å². The zero-order valence-corrected chi connectivity index (χ0v) is 32.0. The van der Waals surface area contributed by atoms with Gasteiger partial charge in [-0.15, -0.1) is 0 Å². The van der Waals surface area contributed by atoms with Gasteiger partial charge in [-0.05, 0) is 97.7 Å². The van der Waals surface area contributed by atoms with E-state index < -0.39 is 98.4 Å². The van der Waals surface area contributed by atoms with Crippen molar-refractivity contribution < 1.29 is 75.1 Å². The third-order valence-corrected chi connectivity index (χ3v) is 14.8. The Bertz CT molecular complexity index is 1280. The predicted molar refractivity (Wildman–Crippen MR) is 190 cm³/mol. The summed E-state index contributed by atoms with van der Waals surface area (Å²) in [6.45, 7) is 7.38. The van der Waals surface area contributed by atoms with Crippen molar-refractivity contribution >= 4 is 0 Å². The van der Waals surface area contributed by atoms with E-state index in [1.54, 1.807) is 0 Å². The van der Waals surface area contributed by atoms with Crippen molar-refractivity contribution in [2.75, 3.05) is 19.8 Å². The number of hydrogen-bond acceptors (Lipinski definition) is 15. The normalized spacial score (nSPS) is 51.0. The molecule has 22 atom stereocenters. The van der Waals surface area contributed by atoms with Crippen molar-refractivity contribution in [3.8, 4) is 0 Å². The first kappa shape index (κ1) is 42.7. The summed E-state index contributed by atoms with van der Waals surface area (Å²) >= 11 is 0. The fourth-order valence-electron chi connectivity index (χ4n) is 11.8. The molecule has 0 radical (unpaired) electrons. The maximum Gasteiger partial charge on any atom is 0.186 e. The maximum atomic E-state index is 12.0. The van der Waals surface area contributed by atoms with Gasteiger partial charge in [0.05, 0.1) is 44.2 Å². The van der Waals surface area contributed by atoms with E-state index >= 15 is 0 Å². The first-order chi connectivity index (χ1) is 25.5. The molecule has 54 heavy (non-hydrogen) atoms. The number of rotatable bonds is 12. The number of aliphatic hydroxyl groups is 11. The Balaban J connectivity index is 1.06. The van der Waals surface area contributed by atoms with Crippen LogP contribution in [-0.4, -0.2) is 162 Å². The topological polar surface area (TPSA) is 259 Å². The summed E-state index contributed by atoms with van der Waals surface area (Å²) in [5, 5.41) is 116. The summed E-state index contributed by atoms with van der Waals surface area (Å²) in [7, 11) is 0. The molecule has 0 amide bonds. The van der Waals surface area contributed by atoms with Crippen LogP contribution in [0.5, 0.6) is 0 Å². The summed E-state index contributed by atoms with van der Waals surface area (Å²) in [4.78, 5) is 0. The minimum atomic E-state index is -1.52. The first-order valence-electron chi connectivity index (χ1n) is 20.1. The molecule has 0 aromatic heterocycles. The maximum absolute atomic E-state index is 12.0. The second-order valence-electron chi connectivity index (χ2n) is 18.1. The highest BCUT2D eigenvalue weighted by Crippen LogP contribution is 2.67. The average Bonchev–Trinajstić information content (AvgIpc) is 3.41. The largest absolute Gasteiger partial charge is 0.394 e. The Morgan fingerprint density at radius 3 is 2.06 bits per heavy atom. The van der Waals surface area contributed by atoms with Crippen LogP contribution in [0.25, 0.3) is 0 Å². The molecule has 15 nitrogen and oxygen atoms in total. The highest BCUT2D eigenvalue weighted by Gasteiger charge is 2.65. The van der Waals surface area contributed by atoms with Gasteiger partial charge in [0.15, 0.2) is 12.6 Å². The van der Waals surface area contributed by atoms with Crippen molar-refractivity contribution in [3.05, 3.63) is 11.6 Å². The molecule has 2 saturated heterocycles. The molecule has 2 heterocycles. The fourth-order valence-corrected chi connectivity index (χ4v) is 11.8. The number of allylic oxidation sites excluding steroid dienone is 1. The molecule has 0 aromatic carbocycles. The van der Waals surface area contributed by atoms with Crippen molar-refractivity contribution in [2.24, 2.45) is 46.3 Å². The van der Waals surface area contributed by atoms with E-state index in [9.17, 15) is 56.2 Å². The molecule has 6 aliphatic rings. The Morgan fingerprint density at radius 2 is 1.43 bits per heavy atom. The Kier molecular flexibility index (Phi) is 13.3. The lowest BCUT2D eigenvalue weighted by Crippen LogP contribution is -2.60. The Labute approximate surface area is 317 Å². The van der Waals surface area contributed by atoms with Crippen molar-refractivity contribution in [2.45, 2.75) is 165 Å². The summed E-state index contributed by atoms with van der Waals surface area (Å²) < 4.78 is 22.9. The van der Waals surface area contributed by atoms with Crippen molar-refractivity contribution in [3.63, 3.8) is 0 Å². The second kappa shape index (κ2) is 16.8. The van der Waals surface area contributed by atoms with Crippen LogP contribution in [0.1, 0.15) is 79.1 Å². The van der Waals surface area contributed by atoms with E-state index in [2.05, 4.69) is 19.9 Å². The van der Waals surface area contributed by atoms with Gasteiger partial charge < -0.3 is 75.1 Å². The third-order valence-electron chi connectivity index (χ3n) is 14.8. The summed E-state index contributed by atoms with van der Waals surface area (Å²) in [6.07, 6.45) is -8.70. The van der Waals surface area contributed by atoms with Gasteiger partial charge in [-0.25, -0.2) is 0 Å². The molecular formula is C39H66O15. The highest BCUT2D eigenvalue weighted by atomic mass is 16.7. The smallest absolute Gasteiger partial charge is 0.186 e. The molecule has 4 aliphatic carbocycles. The van der Waals surface area contributed by atoms with Gasteiger partial charge in [0.1, 0.15) is 48.8 Å². The van der Waals surface area contributed by atoms with Gasteiger partial charge in [-0.2, -0.15) is 0 Å². The van der Waals surface area contributed by atoms with Crippen molar-refractivity contribution in [1.29, 1.82) is 0 Å².